The van der Waals surface area contributed by atoms with Crippen LogP contribution in [-0.2, 0) is 6.42 Å². The van der Waals surface area contributed by atoms with E-state index in [4.69, 9.17) is 11.6 Å². The van der Waals surface area contributed by atoms with Gasteiger partial charge in [0, 0.05) is 17.3 Å². The first kappa shape index (κ1) is 20.9. The molecule has 0 aliphatic carbocycles. The van der Waals surface area contributed by atoms with Gasteiger partial charge in [0.05, 0.1) is 5.69 Å². The Morgan fingerprint density at radius 3 is 2.28 bits per heavy atom. The fraction of sp³-hybridized carbons (Fsp3) is 0.192. The Labute approximate surface area is 179 Å². The third-order valence-electron chi connectivity index (χ3n) is 4.83. The maximum atomic E-state index is 6.11. The third kappa shape index (κ3) is 5.82. The lowest BCUT2D eigenvalue weighted by Gasteiger charge is -2.21. The van der Waals surface area contributed by atoms with E-state index in [-0.39, 0.29) is 6.04 Å². The highest BCUT2D eigenvalue weighted by Gasteiger charge is 2.15. The Morgan fingerprint density at radius 2 is 1.62 bits per heavy atom. The van der Waals surface area contributed by atoms with Gasteiger partial charge in [-0.15, -0.1) is 0 Å². The zero-order chi connectivity index (χ0) is 20.6. The number of aryl methyl sites for hydroxylation is 1. The van der Waals surface area contributed by atoms with Gasteiger partial charge in [0.2, 0.25) is 0 Å². The van der Waals surface area contributed by atoms with Crippen molar-refractivity contribution in [1.29, 1.82) is 0 Å². The van der Waals surface area contributed by atoms with Gasteiger partial charge < -0.3 is 5.32 Å². The molecule has 0 aliphatic rings. The molecule has 1 unspecified atom stereocenters. The van der Waals surface area contributed by atoms with Crippen LogP contribution in [0.5, 0.6) is 0 Å². The molecule has 0 amide bonds. The molecule has 0 fully saturated rings. The monoisotopic (exact) mass is 402 g/mol. The molecule has 3 heteroatoms. The SMILES string of the molecule is C=C(NC(C)CCc1ccccc1)c1c(N=C(C)Cl)cccc1-c1ccccc1. The van der Waals surface area contributed by atoms with Gasteiger partial charge in [-0.2, -0.15) is 0 Å². The minimum Gasteiger partial charge on any atom is -0.382 e. The molecule has 0 saturated carbocycles. The molecule has 0 bridgehead atoms. The van der Waals surface area contributed by atoms with E-state index in [1.54, 1.807) is 6.92 Å². The third-order valence-corrected chi connectivity index (χ3v) is 4.92. The lowest BCUT2D eigenvalue weighted by molar-refractivity contribution is 0.597. The van der Waals surface area contributed by atoms with Crippen molar-refractivity contribution < 1.29 is 0 Å². The molecule has 1 N–H and O–H groups in total. The first-order valence-electron chi connectivity index (χ1n) is 9.93. The van der Waals surface area contributed by atoms with Crippen LogP contribution in [0.25, 0.3) is 16.8 Å². The lowest BCUT2D eigenvalue weighted by atomic mass is 9.95. The number of halogens is 1. The van der Waals surface area contributed by atoms with E-state index in [1.807, 2.05) is 30.3 Å². The summed E-state index contributed by atoms with van der Waals surface area (Å²) in [5.41, 5.74) is 6.25. The van der Waals surface area contributed by atoms with Crippen molar-refractivity contribution >= 4 is 28.2 Å². The van der Waals surface area contributed by atoms with Gasteiger partial charge in [-0.3, -0.25) is 0 Å². The van der Waals surface area contributed by atoms with Gasteiger partial charge in [-0.25, -0.2) is 4.99 Å². The van der Waals surface area contributed by atoms with Crippen molar-refractivity contribution in [2.75, 3.05) is 0 Å². The average molecular weight is 403 g/mol. The molecule has 3 rings (SSSR count). The number of benzene rings is 3. The molecular weight excluding hydrogens is 376 g/mol. The predicted molar refractivity (Wildman–Crippen MR) is 127 cm³/mol. The first-order valence-corrected chi connectivity index (χ1v) is 10.3. The van der Waals surface area contributed by atoms with E-state index in [0.717, 1.165) is 40.9 Å². The van der Waals surface area contributed by atoms with Gasteiger partial charge >= 0.3 is 0 Å². The molecule has 3 aromatic carbocycles. The van der Waals surface area contributed by atoms with Gasteiger partial charge in [0.1, 0.15) is 5.17 Å². The quantitative estimate of drug-likeness (QED) is 0.395. The average Bonchev–Trinajstić information content (AvgIpc) is 2.73. The van der Waals surface area contributed by atoms with Crippen LogP contribution in [0.3, 0.4) is 0 Å². The predicted octanol–water partition coefficient (Wildman–Crippen LogP) is 7.22. The fourth-order valence-corrected chi connectivity index (χ4v) is 3.54. The van der Waals surface area contributed by atoms with Crippen molar-refractivity contribution in [2.45, 2.75) is 32.7 Å². The molecule has 0 aliphatic heterocycles. The Morgan fingerprint density at radius 1 is 0.966 bits per heavy atom. The summed E-state index contributed by atoms with van der Waals surface area (Å²) in [5, 5.41) is 4.08. The summed E-state index contributed by atoms with van der Waals surface area (Å²) < 4.78 is 0. The minimum absolute atomic E-state index is 0.278. The summed E-state index contributed by atoms with van der Waals surface area (Å²) in [6, 6.07) is 27.2. The van der Waals surface area contributed by atoms with Crippen molar-refractivity contribution in [1.82, 2.24) is 5.32 Å². The Bertz CT molecular complexity index is 974. The van der Waals surface area contributed by atoms with Crippen LogP contribution < -0.4 is 5.32 Å². The van der Waals surface area contributed by atoms with E-state index in [1.165, 1.54) is 5.56 Å². The molecule has 3 aromatic rings. The van der Waals surface area contributed by atoms with Crippen LogP contribution in [-0.4, -0.2) is 11.2 Å². The van der Waals surface area contributed by atoms with E-state index in [2.05, 4.69) is 72.3 Å². The second kappa shape index (κ2) is 10.1. The zero-order valence-corrected chi connectivity index (χ0v) is 17.8. The molecule has 0 saturated heterocycles. The zero-order valence-electron chi connectivity index (χ0n) is 17.0. The molecule has 0 spiro atoms. The molecule has 2 nitrogen and oxygen atoms in total. The minimum atomic E-state index is 0.278. The Balaban J connectivity index is 1.85. The molecule has 1 atom stereocenters. The summed E-state index contributed by atoms with van der Waals surface area (Å²) in [5.74, 6) is 0. The summed E-state index contributed by atoms with van der Waals surface area (Å²) >= 11 is 6.11. The lowest BCUT2D eigenvalue weighted by Crippen LogP contribution is -2.25. The molecule has 0 radical (unpaired) electrons. The second-order valence-corrected chi connectivity index (χ2v) is 7.77. The van der Waals surface area contributed by atoms with Crippen LogP contribution in [0.2, 0.25) is 0 Å². The molecule has 148 valence electrons. The topological polar surface area (TPSA) is 24.4 Å². The van der Waals surface area contributed by atoms with Crippen LogP contribution >= 0.6 is 11.6 Å². The van der Waals surface area contributed by atoms with Gasteiger partial charge in [-0.1, -0.05) is 91.0 Å². The van der Waals surface area contributed by atoms with Crippen molar-refractivity contribution in [2.24, 2.45) is 4.99 Å². The van der Waals surface area contributed by atoms with Gasteiger partial charge in [-0.05, 0) is 49.4 Å². The maximum Gasteiger partial charge on any atom is 0.103 e. The van der Waals surface area contributed by atoms with Gasteiger partial charge in [0.15, 0.2) is 0 Å². The summed E-state index contributed by atoms with van der Waals surface area (Å²) in [6.45, 7) is 8.33. The summed E-state index contributed by atoms with van der Waals surface area (Å²) in [7, 11) is 0. The van der Waals surface area contributed by atoms with E-state index in [9.17, 15) is 0 Å². The highest BCUT2D eigenvalue weighted by atomic mass is 35.5. The normalized spacial score (nSPS) is 12.4. The number of aliphatic imine (C=N–C) groups is 1. The van der Waals surface area contributed by atoms with Crippen molar-refractivity contribution in [3.8, 4) is 11.1 Å². The Kier molecular flexibility index (Phi) is 7.26. The van der Waals surface area contributed by atoms with E-state index < -0.39 is 0 Å². The van der Waals surface area contributed by atoms with Crippen LogP contribution in [0.15, 0.2) is 90.4 Å². The van der Waals surface area contributed by atoms with Crippen LogP contribution in [0.1, 0.15) is 31.4 Å². The Hall–Kier alpha value is -2.84. The largest absolute Gasteiger partial charge is 0.382 e. The number of nitrogens with one attached hydrogen (secondary N) is 1. The maximum absolute atomic E-state index is 6.11. The highest BCUT2D eigenvalue weighted by molar-refractivity contribution is 6.65. The number of hydrogen-bond acceptors (Lipinski definition) is 2. The van der Waals surface area contributed by atoms with E-state index in [0.29, 0.717) is 5.17 Å². The molecular formula is C26H27ClN2. The standard InChI is InChI=1S/C26H27ClN2/c1-19(17-18-22-11-6-4-7-12-22)28-20(2)26-24(23-13-8-5-9-14-23)15-10-16-25(26)29-21(3)27/h4-16,19,28H,2,17-18H2,1,3H3. The van der Waals surface area contributed by atoms with Crippen molar-refractivity contribution in [3.05, 3.63) is 96.6 Å². The van der Waals surface area contributed by atoms with Crippen LogP contribution in [0.4, 0.5) is 5.69 Å². The fourth-order valence-electron chi connectivity index (χ4n) is 3.44. The first-order chi connectivity index (χ1) is 14.0. The van der Waals surface area contributed by atoms with Gasteiger partial charge in [0.25, 0.3) is 0 Å². The molecule has 29 heavy (non-hydrogen) atoms. The number of hydrogen-bond donors (Lipinski definition) is 1. The molecule has 0 heterocycles. The number of nitrogens with zero attached hydrogens (tertiary/aromatic N) is 1. The summed E-state index contributed by atoms with van der Waals surface area (Å²) in [6.07, 6.45) is 2.04. The number of rotatable bonds is 8. The molecule has 0 aromatic heterocycles. The second-order valence-electron chi connectivity index (χ2n) is 7.22. The summed E-state index contributed by atoms with van der Waals surface area (Å²) in [4.78, 5) is 4.55. The van der Waals surface area contributed by atoms with Crippen molar-refractivity contribution in [3.63, 3.8) is 0 Å². The highest BCUT2D eigenvalue weighted by Crippen LogP contribution is 2.35. The van der Waals surface area contributed by atoms with Crippen LogP contribution in [0, 0.1) is 0 Å². The van der Waals surface area contributed by atoms with E-state index >= 15 is 0 Å². The smallest absolute Gasteiger partial charge is 0.103 e.